The predicted molar refractivity (Wildman–Crippen MR) is 149 cm³/mol. The Labute approximate surface area is 224 Å². The number of hydrogen-bond acceptors (Lipinski definition) is 4. The van der Waals surface area contributed by atoms with Crippen molar-refractivity contribution in [1.82, 2.24) is 15.5 Å². The third-order valence-corrected chi connectivity index (χ3v) is 6.01. The highest BCUT2D eigenvalue weighted by Gasteiger charge is 2.38. The van der Waals surface area contributed by atoms with E-state index in [0.29, 0.717) is 30.0 Å². The van der Waals surface area contributed by atoms with Crippen molar-refractivity contribution in [2.75, 3.05) is 6.54 Å². The summed E-state index contributed by atoms with van der Waals surface area (Å²) in [5, 5.41) is 5.67. The van der Waals surface area contributed by atoms with Gasteiger partial charge in [0.25, 0.3) is 0 Å². The fraction of sp³-hybridized carbons (Fsp3) is 0.633. The maximum atomic E-state index is 13.9. The molecule has 0 aromatic heterocycles. The Hall–Kier alpha value is -3.01. The van der Waals surface area contributed by atoms with Crippen molar-refractivity contribution in [2.45, 2.75) is 111 Å². The quantitative estimate of drug-likeness (QED) is 0.266. The van der Waals surface area contributed by atoms with Gasteiger partial charge in [-0.25, -0.2) is 4.79 Å². The van der Waals surface area contributed by atoms with Crippen LogP contribution in [0.4, 0.5) is 4.79 Å². The second-order valence-electron chi connectivity index (χ2n) is 11.1. The third kappa shape index (κ3) is 10.9. The van der Waals surface area contributed by atoms with Crippen LogP contribution in [0.15, 0.2) is 24.3 Å². The van der Waals surface area contributed by atoms with E-state index in [-0.39, 0.29) is 17.9 Å². The number of hydrogen-bond donors (Lipinski definition) is 2. The molecule has 37 heavy (non-hydrogen) atoms. The van der Waals surface area contributed by atoms with Crippen molar-refractivity contribution >= 4 is 17.9 Å². The van der Waals surface area contributed by atoms with Crippen molar-refractivity contribution in [3.63, 3.8) is 0 Å². The number of nitrogens with zero attached hydrogens (tertiary/aromatic N) is 1. The van der Waals surface area contributed by atoms with Crippen molar-refractivity contribution in [2.24, 2.45) is 5.92 Å². The van der Waals surface area contributed by atoms with E-state index < -0.39 is 23.8 Å². The third-order valence-electron chi connectivity index (χ3n) is 6.01. The summed E-state index contributed by atoms with van der Waals surface area (Å²) in [4.78, 5) is 41.7. The summed E-state index contributed by atoms with van der Waals surface area (Å²) in [5.74, 6) is 2.44. The number of alkyl carbamates (subject to hydrolysis) is 1. The lowest BCUT2D eigenvalue weighted by atomic mass is 9.94. The molecular weight excluding hydrogens is 466 g/mol. The van der Waals surface area contributed by atoms with Gasteiger partial charge < -0.3 is 20.3 Å². The fourth-order valence-electron chi connectivity index (χ4n) is 4.05. The van der Waals surface area contributed by atoms with E-state index in [1.54, 1.807) is 44.7 Å². The minimum absolute atomic E-state index is 0.282. The lowest BCUT2D eigenvalue weighted by Gasteiger charge is -2.38. The van der Waals surface area contributed by atoms with E-state index in [1.165, 1.54) is 0 Å². The molecule has 0 saturated heterocycles. The van der Waals surface area contributed by atoms with E-state index >= 15 is 0 Å². The monoisotopic (exact) mass is 513 g/mol. The molecule has 3 unspecified atom stereocenters. The molecule has 0 aliphatic carbocycles. The van der Waals surface area contributed by atoms with E-state index in [2.05, 4.69) is 37.3 Å². The summed E-state index contributed by atoms with van der Waals surface area (Å²) in [6.07, 6.45) is 9.56. The van der Waals surface area contributed by atoms with Gasteiger partial charge in [0, 0.05) is 18.2 Å². The molecule has 0 heterocycles. The van der Waals surface area contributed by atoms with Crippen LogP contribution in [0, 0.1) is 18.3 Å². The fourth-order valence-corrected chi connectivity index (χ4v) is 4.05. The Balaban J connectivity index is 3.47. The van der Waals surface area contributed by atoms with Crippen molar-refractivity contribution < 1.29 is 19.1 Å². The summed E-state index contributed by atoms with van der Waals surface area (Å²) in [7, 11) is 0. The summed E-state index contributed by atoms with van der Waals surface area (Å²) in [6.45, 7) is 15.7. The summed E-state index contributed by atoms with van der Waals surface area (Å²) in [5.41, 5.74) is 0.439. The molecule has 0 saturated carbocycles. The molecule has 7 heteroatoms. The predicted octanol–water partition coefficient (Wildman–Crippen LogP) is 5.58. The lowest BCUT2D eigenvalue weighted by Crippen LogP contribution is -2.54. The lowest BCUT2D eigenvalue weighted by molar-refractivity contribution is -0.144. The highest BCUT2D eigenvalue weighted by Crippen LogP contribution is 2.29. The number of carbonyl (C=O) groups excluding carboxylic acids is 3. The summed E-state index contributed by atoms with van der Waals surface area (Å²) < 4.78 is 5.36. The van der Waals surface area contributed by atoms with Crippen LogP contribution in [0.25, 0.3) is 0 Å². The maximum absolute atomic E-state index is 13.9. The Morgan fingerprint density at radius 3 is 2.27 bits per heavy atom. The molecule has 2 N–H and O–H groups in total. The first-order valence-corrected chi connectivity index (χ1v) is 13.5. The van der Waals surface area contributed by atoms with Crippen LogP contribution in [0.5, 0.6) is 0 Å². The van der Waals surface area contributed by atoms with Gasteiger partial charge in [-0.15, -0.1) is 6.42 Å². The molecule has 3 atom stereocenters. The molecule has 0 aliphatic heterocycles. The molecule has 7 nitrogen and oxygen atoms in total. The standard InChI is InChI=1S/C30H47N3O4/c1-10-12-15-20-31-27(34)26(25-17-14-13-16-24(25)11-2)33(22(5)19-18-21(3)4)28(35)23(6)32-29(36)37-30(7,8)9/h2,13-14,16-17,21-23,26H,10,12,15,18-20H2,1,3-9H3,(H,31,34)(H,32,36). The largest absolute Gasteiger partial charge is 0.444 e. The van der Waals surface area contributed by atoms with Crippen molar-refractivity contribution in [3.05, 3.63) is 35.4 Å². The van der Waals surface area contributed by atoms with Crippen molar-refractivity contribution in [3.8, 4) is 12.3 Å². The first kappa shape index (κ1) is 32.0. The average Bonchev–Trinajstić information content (AvgIpc) is 2.81. The first-order chi connectivity index (χ1) is 17.3. The molecule has 1 rings (SSSR count). The number of unbranched alkanes of at least 4 members (excludes halogenated alkanes) is 2. The zero-order chi connectivity index (χ0) is 28.2. The molecule has 1 aromatic carbocycles. The number of nitrogens with one attached hydrogen (secondary N) is 2. The Kier molecular flexibility index (Phi) is 13.2. The van der Waals surface area contributed by atoms with E-state index in [1.807, 2.05) is 19.1 Å². The number of rotatable bonds is 13. The van der Waals surface area contributed by atoms with Crippen LogP contribution in [0.3, 0.4) is 0 Å². The Bertz CT molecular complexity index is 929. The van der Waals surface area contributed by atoms with Crippen LogP contribution in [0.2, 0.25) is 0 Å². The number of terminal acetylenes is 1. The Morgan fingerprint density at radius 2 is 1.70 bits per heavy atom. The number of carbonyl (C=O) groups is 3. The highest BCUT2D eigenvalue weighted by molar-refractivity contribution is 5.92. The van der Waals surface area contributed by atoms with Gasteiger partial charge >= 0.3 is 6.09 Å². The number of amides is 3. The van der Waals surface area contributed by atoms with Gasteiger partial charge in [-0.1, -0.05) is 57.7 Å². The normalized spacial score (nSPS) is 13.7. The van der Waals surface area contributed by atoms with Crippen LogP contribution in [-0.4, -0.2) is 47.0 Å². The number of ether oxygens (including phenoxy) is 1. The zero-order valence-electron chi connectivity index (χ0n) is 24.0. The molecule has 0 spiro atoms. The van der Waals surface area contributed by atoms with Gasteiger partial charge in [0.15, 0.2) is 0 Å². The highest BCUT2D eigenvalue weighted by atomic mass is 16.6. The number of benzene rings is 1. The second kappa shape index (κ2) is 15.3. The molecule has 0 fully saturated rings. The van der Waals surface area contributed by atoms with E-state index in [9.17, 15) is 14.4 Å². The summed E-state index contributed by atoms with van der Waals surface area (Å²) in [6, 6.07) is 5.07. The van der Waals surface area contributed by atoms with Crippen LogP contribution in [-0.2, 0) is 14.3 Å². The molecule has 1 aromatic rings. The van der Waals surface area contributed by atoms with E-state index in [0.717, 1.165) is 25.7 Å². The molecule has 3 amide bonds. The van der Waals surface area contributed by atoms with Gasteiger partial charge in [0.2, 0.25) is 11.8 Å². The van der Waals surface area contributed by atoms with E-state index in [4.69, 9.17) is 11.2 Å². The summed E-state index contributed by atoms with van der Waals surface area (Å²) >= 11 is 0. The molecule has 206 valence electrons. The molecule has 0 bridgehead atoms. The van der Waals surface area contributed by atoms with Gasteiger partial charge in [-0.2, -0.15) is 0 Å². The minimum Gasteiger partial charge on any atom is -0.444 e. The second-order valence-corrected chi connectivity index (χ2v) is 11.1. The van der Waals surface area contributed by atoms with Gasteiger partial charge in [-0.3, -0.25) is 9.59 Å². The van der Waals surface area contributed by atoms with Crippen LogP contribution >= 0.6 is 0 Å². The maximum Gasteiger partial charge on any atom is 0.408 e. The molecule has 0 aliphatic rings. The first-order valence-electron chi connectivity index (χ1n) is 13.5. The van der Waals surface area contributed by atoms with Crippen LogP contribution in [0.1, 0.15) is 105 Å². The molecular formula is C30H47N3O4. The smallest absolute Gasteiger partial charge is 0.408 e. The topological polar surface area (TPSA) is 87.7 Å². The van der Waals surface area contributed by atoms with Gasteiger partial charge in [0.1, 0.15) is 17.7 Å². The molecule has 0 radical (unpaired) electrons. The Morgan fingerprint density at radius 1 is 1.05 bits per heavy atom. The van der Waals surface area contributed by atoms with Gasteiger partial charge in [0.05, 0.1) is 0 Å². The zero-order valence-corrected chi connectivity index (χ0v) is 24.0. The minimum atomic E-state index is -0.938. The SMILES string of the molecule is C#Cc1ccccc1C(C(=O)NCCCCC)N(C(=O)C(C)NC(=O)OC(C)(C)C)C(C)CCC(C)C. The van der Waals surface area contributed by atoms with Gasteiger partial charge in [-0.05, 0) is 71.4 Å². The van der Waals surface area contributed by atoms with Crippen LogP contribution < -0.4 is 10.6 Å². The van der Waals surface area contributed by atoms with Crippen molar-refractivity contribution in [1.29, 1.82) is 0 Å². The average molecular weight is 514 g/mol.